The summed E-state index contributed by atoms with van der Waals surface area (Å²) in [5.41, 5.74) is -0.181. The number of para-hydroxylation sites is 1. The van der Waals surface area contributed by atoms with Gasteiger partial charge in [0.25, 0.3) is 0 Å². The summed E-state index contributed by atoms with van der Waals surface area (Å²) >= 11 is 0. The summed E-state index contributed by atoms with van der Waals surface area (Å²) in [4.78, 5) is 0. The third-order valence-corrected chi connectivity index (χ3v) is 3.66. The molecule has 0 aliphatic rings. The van der Waals surface area contributed by atoms with Gasteiger partial charge in [0.15, 0.2) is 0 Å². The number of rotatable bonds is 9. The van der Waals surface area contributed by atoms with Gasteiger partial charge in [0, 0.05) is 19.1 Å². The van der Waals surface area contributed by atoms with Crippen LogP contribution in [0, 0.1) is 0 Å². The number of benzene rings is 1. The van der Waals surface area contributed by atoms with Crippen molar-refractivity contribution in [2.45, 2.75) is 49.8 Å². The van der Waals surface area contributed by atoms with Gasteiger partial charge in [0.1, 0.15) is 5.75 Å². The first-order chi connectivity index (χ1) is 12.2. The van der Waals surface area contributed by atoms with Gasteiger partial charge in [-0.25, -0.2) is 0 Å². The molecule has 156 valence electrons. The van der Waals surface area contributed by atoms with Crippen LogP contribution in [-0.2, 0) is 4.74 Å². The van der Waals surface area contributed by atoms with Crippen LogP contribution in [0.15, 0.2) is 24.3 Å². The van der Waals surface area contributed by atoms with Gasteiger partial charge in [-0.1, -0.05) is 25.1 Å². The Labute approximate surface area is 149 Å². The van der Waals surface area contributed by atoms with Crippen LogP contribution in [0.2, 0.25) is 0 Å². The molecule has 1 rings (SSSR count). The van der Waals surface area contributed by atoms with Crippen molar-refractivity contribution >= 4 is 0 Å². The lowest BCUT2D eigenvalue weighted by molar-refractivity contribution is -0.398. The Bertz CT molecular complexity index is 614. The second-order valence-electron chi connectivity index (χ2n) is 5.67. The molecule has 2 nitrogen and oxygen atoms in total. The van der Waals surface area contributed by atoms with Crippen LogP contribution in [0.25, 0.3) is 0 Å². The molecule has 0 saturated heterocycles. The third-order valence-electron chi connectivity index (χ3n) is 3.66. The molecule has 0 aromatic heterocycles. The molecule has 0 aliphatic carbocycles. The standard InChI is InChI=1S/C16H17F9O2/c1-3-8-27-11-7-5-4-6-10(11)12(26-2)9-13(17,18)14(19,20)15(21,22)16(23,24)25/h4-7,12H,3,8-9H2,1-2H3. The third kappa shape index (κ3) is 4.61. The molecule has 0 fully saturated rings. The molecule has 1 unspecified atom stereocenters. The lowest BCUT2D eigenvalue weighted by Crippen LogP contribution is -2.61. The van der Waals surface area contributed by atoms with E-state index in [0.29, 0.717) is 6.42 Å². The number of ether oxygens (including phenoxy) is 2. The fourth-order valence-electron chi connectivity index (χ4n) is 2.18. The van der Waals surface area contributed by atoms with Crippen LogP contribution in [-0.4, -0.2) is 37.7 Å². The molecule has 0 amide bonds. The topological polar surface area (TPSA) is 18.5 Å². The molecule has 0 saturated carbocycles. The number of hydrogen-bond donors (Lipinski definition) is 0. The van der Waals surface area contributed by atoms with Crippen molar-refractivity contribution < 1.29 is 49.0 Å². The van der Waals surface area contributed by atoms with Gasteiger partial charge in [-0.15, -0.1) is 0 Å². The van der Waals surface area contributed by atoms with Crippen LogP contribution in [0.1, 0.15) is 31.4 Å². The van der Waals surface area contributed by atoms with E-state index in [0.717, 1.165) is 13.2 Å². The van der Waals surface area contributed by atoms with E-state index >= 15 is 0 Å². The Morgan fingerprint density at radius 1 is 0.889 bits per heavy atom. The number of alkyl halides is 9. The van der Waals surface area contributed by atoms with E-state index in [4.69, 9.17) is 4.74 Å². The number of hydrogen-bond acceptors (Lipinski definition) is 2. The molecule has 0 bridgehead atoms. The Morgan fingerprint density at radius 2 is 1.44 bits per heavy atom. The van der Waals surface area contributed by atoms with E-state index in [1.807, 2.05) is 0 Å². The van der Waals surface area contributed by atoms with Crippen molar-refractivity contribution in [2.75, 3.05) is 13.7 Å². The van der Waals surface area contributed by atoms with Gasteiger partial charge in [-0.05, 0) is 12.5 Å². The summed E-state index contributed by atoms with van der Waals surface area (Å²) in [6.45, 7) is 1.86. The van der Waals surface area contributed by atoms with Crippen molar-refractivity contribution in [3.8, 4) is 5.75 Å². The van der Waals surface area contributed by atoms with Crippen LogP contribution in [0.3, 0.4) is 0 Å². The summed E-state index contributed by atoms with van der Waals surface area (Å²) in [6, 6.07) is 5.22. The summed E-state index contributed by atoms with van der Waals surface area (Å²) in [5.74, 6) is -19.4. The first-order valence-electron chi connectivity index (χ1n) is 7.67. The molecule has 27 heavy (non-hydrogen) atoms. The van der Waals surface area contributed by atoms with Gasteiger partial charge >= 0.3 is 23.9 Å². The first kappa shape index (κ1) is 23.4. The minimum atomic E-state index is -6.93. The van der Waals surface area contributed by atoms with E-state index in [2.05, 4.69) is 4.74 Å². The molecule has 0 spiro atoms. The molecule has 1 aromatic rings. The van der Waals surface area contributed by atoms with Crippen molar-refractivity contribution in [1.82, 2.24) is 0 Å². The van der Waals surface area contributed by atoms with E-state index in [-0.39, 0.29) is 17.9 Å². The number of halogens is 9. The lowest BCUT2D eigenvalue weighted by atomic mass is 9.94. The fraction of sp³-hybridized carbons (Fsp3) is 0.625. The zero-order valence-electron chi connectivity index (χ0n) is 14.2. The van der Waals surface area contributed by atoms with Gasteiger partial charge in [0.05, 0.1) is 12.7 Å². The van der Waals surface area contributed by atoms with E-state index in [1.165, 1.54) is 18.2 Å². The second-order valence-corrected chi connectivity index (χ2v) is 5.67. The van der Waals surface area contributed by atoms with Crippen LogP contribution in [0.5, 0.6) is 5.75 Å². The summed E-state index contributed by atoms with van der Waals surface area (Å²) in [7, 11) is 0.831. The predicted octanol–water partition coefficient (Wildman–Crippen LogP) is 6.02. The monoisotopic (exact) mass is 412 g/mol. The fourth-order valence-corrected chi connectivity index (χ4v) is 2.18. The highest BCUT2D eigenvalue weighted by Gasteiger charge is 2.81. The molecule has 0 N–H and O–H groups in total. The normalized spacial score (nSPS) is 14.9. The van der Waals surface area contributed by atoms with E-state index in [9.17, 15) is 39.5 Å². The van der Waals surface area contributed by atoms with Crippen LogP contribution in [0.4, 0.5) is 39.5 Å². The SMILES string of the molecule is CCCOc1ccccc1C(CC(F)(F)C(F)(F)C(F)(F)C(F)(F)F)OC. The van der Waals surface area contributed by atoms with Gasteiger partial charge in [0.2, 0.25) is 0 Å². The van der Waals surface area contributed by atoms with Crippen LogP contribution >= 0.6 is 0 Å². The average molecular weight is 412 g/mol. The van der Waals surface area contributed by atoms with Crippen molar-refractivity contribution in [1.29, 1.82) is 0 Å². The quantitative estimate of drug-likeness (QED) is 0.462. The molecular formula is C16H17F9O2. The van der Waals surface area contributed by atoms with E-state index in [1.54, 1.807) is 6.92 Å². The summed E-state index contributed by atoms with van der Waals surface area (Å²) in [6.07, 6.45) is -10.4. The molecule has 11 heteroatoms. The highest BCUT2D eigenvalue weighted by atomic mass is 19.4. The smallest absolute Gasteiger partial charge is 0.460 e. The zero-order valence-corrected chi connectivity index (χ0v) is 14.2. The van der Waals surface area contributed by atoms with Crippen molar-refractivity contribution in [3.05, 3.63) is 29.8 Å². The average Bonchev–Trinajstić information content (AvgIpc) is 2.56. The van der Waals surface area contributed by atoms with E-state index < -0.39 is 36.5 Å². The maximum atomic E-state index is 13.9. The predicted molar refractivity (Wildman–Crippen MR) is 77.5 cm³/mol. The maximum Gasteiger partial charge on any atom is 0.460 e. The van der Waals surface area contributed by atoms with Crippen LogP contribution < -0.4 is 4.74 Å². The minimum Gasteiger partial charge on any atom is -0.493 e. The second kappa shape index (κ2) is 8.15. The maximum absolute atomic E-state index is 13.9. The van der Waals surface area contributed by atoms with Gasteiger partial charge < -0.3 is 9.47 Å². The molecule has 0 heterocycles. The van der Waals surface area contributed by atoms with Crippen molar-refractivity contribution in [3.63, 3.8) is 0 Å². The summed E-state index contributed by atoms with van der Waals surface area (Å²) < 4.78 is 127. The Hall–Kier alpha value is -1.65. The lowest BCUT2D eigenvalue weighted by Gasteiger charge is -2.35. The Balaban J connectivity index is 3.23. The zero-order chi connectivity index (χ0) is 21.1. The molecule has 1 atom stereocenters. The minimum absolute atomic E-state index is 0.0344. The molecular weight excluding hydrogens is 395 g/mol. The molecule has 0 radical (unpaired) electrons. The van der Waals surface area contributed by atoms with Crippen molar-refractivity contribution in [2.24, 2.45) is 0 Å². The largest absolute Gasteiger partial charge is 0.493 e. The highest BCUT2D eigenvalue weighted by Crippen LogP contribution is 2.55. The first-order valence-corrected chi connectivity index (χ1v) is 7.67. The molecule has 1 aromatic carbocycles. The highest BCUT2D eigenvalue weighted by molar-refractivity contribution is 5.35. The Kier molecular flexibility index (Phi) is 7.06. The molecule has 0 aliphatic heterocycles. The van der Waals surface area contributed by atoms with Gasteiger partial charge in [-0.3, -0.25) is 0 Å². The number of methoxy groups -OCH3 is 1. The summed E-state index contributed by atoms with van der Waals surface area (Å²) in [5, 5.41) is 0. The van der Waals surface area contributed by atoms with Gasteiger partial charge in [-0.2, -0.15) is 39.5 Å². The Morgan fingerprint density at radius 3 is 1.93 bits per heavy atom.